The fraction of sp³-hybridized carbons (Fsp3) is 0. The number of nitrogens with one attached hydrogen (secondary N) is 1. The van der Waals surface area contributed by atoms with Crippen LogP contribution < -0.4 is 5.43 Å². The molecule has 0 aliphatic carbocycles. The molecule has 0 spiro atoms. The number of nitrogens with zero attached hydrogens (tertiary/aromatic N) is 2. The molecule has 0 aliphatic rings. The standard InChI is InChI=1S/C16H11BrIN3S/c17-13-7-4-8-14(18)12(13)9-19-21-16-20-15(10-22-16)11-5-2-1-3-6-11/h1-10H,(H,20,21). The molecule has 110 valence electrons. The number of benzene rings is 2. The lowest BCUT2D eigenvalue weighted by Crippen LogP contribution is -1.93. The van der Waals surface area contributed by atoms with Gasteiger partial charge in [0.25, 0.3) is 0 Å². The highest BCUT2D eigenvalue weighted by Crippen LogP contribution is 2.25. The van der Waals surface area contributed by atoms with Crippen LogP contribution in [0.3, 0.4) is 0 Å². The minimum absolute atomic E-state index is 0.775. The Morgan fingerprint density at radius 1 is 1.14 bits per heavy atom. The first-order valence-electron chi connectivity index (χ1n) is 6.48. The molecule has 0 unspecified atom stereocenters. The molecule has 3 aromatic rings. The van der Waals surface area contributed by atoms with Crippen LogP contribution in [-0.4, -0.2) is 11.2 Å². The Hall–Kier alpha value is -1.25. The van der Waals surface area contributed by atoms with E-state index in [0.717, 1.165) is 30.0 Å². The second-order valence-corrected chi connectivity index (χ2v) is 7.28. The summed E-state index contributed by atoms with van der Waals surface area (Å²) >= 11 is 7.36. The van der Waals surface area contributed by atoms with Crippen LogP contribution in [-0.2, 0) is 0 Å². The van der Waals surface area contributed by atoms with Crippen molar-refractivity contribution in [2.24, 2.45) is 5.10 Å². The second kappa shape index (κ2) is 7.34. The number of thiazole rings is 1. The average Bonchev–Trinajstić information content (AvgIpc) is 3.00. The van der Waals surface area contributed by atoms with Gasteiger partial charge in [0.15, 0.2) is 0 Å². The van der Waals surface area contributed by atoms with Gasteiger partial charge in [-0.25, -0.2) is 4.98 Å². The predicted octanol–water partition coefficient (Wildman–Crippen LogP) is 5.62. The van der Waals surface area contributed by atoms with Crippen LogP contribution in [0.25, 0.3) is 11.3 Å². The molecule has 0 bridgehead atoms. The minimum atomic E-state index is 0.775. The van der Waals surface area contributed by atoms with E-state index in [0.29, 0.717) is 0 Å². The van der Waals surface area contributed by atoms with E-state index in [4.69, 9.17) is 0 Å². The Morgan fingerprint density at radius 3 is 2.73 bits per heavy atom. The first kappa shape index (κ1) is 15.6. The fourth-order valence-electron chi connectivity index (χ4n) is 1.85. The summed E-state index contributed by atoms with van der Waals surface area (Å²) in [6.45, 7) is 0. The van der Waals surface area contributed by atoms with Crippen molar-refractivity contribution in [1.82, 2.24) is 4.98 Å². The van der Waals surface area contributed by atoms with Gasteiger partial charge in [-0.3, -0.25) is 5.43 Å². The molecule has 0 amide bonds. The maximum Gasteiger partial charge on any atom is 0.203 e. The van der Waals surface area contributed by atoms with E-state index >= 15 is 0 Å². The lowest BCUT2D eigenvalue weighted by Gasteiger charge is -2.00. The summed E-state index contributed by atoms with van der Waals surface area (Å²) in [5.41, 5.74) is 6.11. The quantitative estimate of drug-likeness (QED) is 0.297. The van der Waals surface area contributed by atoms with Crippen LogP contribution in [0.15, 0.2) is 63.5 Å². The Kier molecular flexibility index (Phi) is 5.22. The number of hydrazone groups is 1. The van der Waals surface area contributed by atoms with Gasteiger partial charge >= 0.3 is 0 Å². The van der Waals surface area contributed by atoms with Crippen molar-refractivity contribution in [3.8, 4) is 11.3 Å². The van der Waals surface area contributed by atoms with E-state index in [1.807, 2.05) is 53.9 Å². The lowest BCUT2D eigenvalue weighted by molar-refractivity contribution is 1.29. The Morgan fingerprint density at radius 2 is 1.95 bits per heavy atom. The molecule has 0 fully saturated rings. The average molecular weight is 484 g/mol. The normalized spacial score (nSPS) is 11.0. The van der Waals surface area contributed by atoms with E-state index in [9.17, 15) is 0 Å². The maximum absolute atomic E-state index is 4.54. The fourth-order valence-corrected chi connectivity index (χ4v) is 4.00. The number of anilines is 1. The number of rotatable bonds is 4. The molecule has 22 heavy (non-hydrogen) atoms. The highest BCUT2D eigenvalue weighted by molar-refractivity contribution is 14.1. The number of halogens is 2. The Bertz CT molecular complexity index is 782. The molecule has 3 nitrogen and oxygen atoms in total. The summed E-state index contributed by atoms with van der Waals surface area (Å²) in [7, 11) is 0. The van der Waals surface area contributed by atoms with Gasteiger partial charge < -0.3 is 0 Å². The van der Waals surface area contributed by atoms with Crippen LogP contribution in [0.1, 0.15) is 5.56 Å². The molecule has 1 heterocycles. The van der Waals surface area contributed by atoms with Crippen LogP contribution in [0.4, 0.5) is 5.13 Å². The van der Waals surface area contributed by atoms with Crippen molar-refractivity contribution in [2.45, 2.75) is 0 Å². The summed E-state index contributed by atoms with van der Waals surface area (Å²) in [5.74, 6) is 0. The number of hydrogen-bond acceptors (Lipinski definition) is 4. The van der Waals surface area contributed by atoms with Gasteiger partial charge in [-0.1, -0.05) is 52.3 Å². The predicted molar refractivity (Wildman–Crippen MR) is 106 cm³/mol. The minimum Gasteiger partial charge on any atom is -0.253 e. The molecule has 0 saturated heterocycles. The first-order chi connectivity index (χ1) is 10.7. The molecule has 1 aromatic heterocycles. The lowest BCUT2D eigenvalue weighted by atomic mass is 10.2. The van der Waals surface area contributed by atoms with Crippen molar-refractivity contribution in [3.05, 3.63) is 67.5 Å². The summed E-state index contributed by atoms with van der Waals surface area (Å²) in [5, 5.41) is 7.08. The zero-order valence-electron chi connectivity index (χ0n) is 11.3. The van der Waals surface area contributed by atoms with Crippen molar-refractivity contribution in [2.75, 3.05) is 5.43 Å². The summed E-state index contributed by atoms with van der Waals surface area (Å²) in [4.78, 5) is 4.54. The molecule has 1 N–H and O–H groups in total. The largest absolute Gasteiger partial charge is 0.253 e. The number of hydrogen-bond donors (Lipinski definition) is 1. The van der Waals surface area contributed by atoms with Gasteiger partial charge in [-0.15, -0.1) is 11.3 Å². The second-order valence-electron chi connectivity index (χ2n) is 4.41. The first-order valence-corrected chi connectivity index (χ1v) is 9.23. The molecule has 0 saturated carbocycles. The van der Waals surface area contributed by atoms with Crippen molar-refractivity contribution in [1.29, 1.82) is 0 Å². The van der Waals surface area contributed by atoms with E-state index in [2.05, 4.69) is 54.0 Å². The zero-order chi connectivity index (χ0) is 15.4. The molecule has 0 aliphatic heterocycles. The summed E-state index contributed by atoms with van der Waals surface area (Å²) in [6, 6.07) is 16.2. The third-order valence-corrected chi connectivity index (χ3v) is 5.31. The summed E-state index contributed by atoms with van der Waals surface area (Å²) in [6.07, 6.45) is 1.80. The van der Waals surface area contributed by atoms with Gasteiger partial charge in [-0.2, -0.15) is 5.10 Å². The van der Waals surface area contributed by atoms with Gasteiger partial charge in [-0.05, 0) is 34.7 Å². The van der Waals surface area contributed by atoms with Crippen molar-refractivity contribution in [3.63, 3.8) is 0 Å². The van der Waals surface area contributed by atoms with Crippen LogP contribution >= 0.6 is 49.9 Å². The van der Waals surface area contributed by atoms with Crippen LogP contribution in [0, 0.1) is 3.57 Å². The SMILES string of the molecule is Brc1cccc(I)c1C=NNc1nc(-c2ccccc2)cs1. The monoisotopic (exact) mass is 483 g/mol. The number of aromatic nitrogens is 1. The van der Waals surface area contributed by atoms with Crippen molar-refractivity contribution >= 4 is 61.2 Å². The van der Waals surface area contributed by atoms with Gasteiger partial charge in [0.2, 0.25) is 5.13 Å². The topological polar surface area (TPSA) is 37.3 Å². The smallest absolute Gasteiger partial charge is 0.203 e. The van der Waals surface area contributed by atoms with E-state index in [1.54, 1.807) is 6.21 Å². The Labute approximate surface area is 154 Å². The highest BCUT2D eigenvalue weighted by atomic mass is 127. The van der Waals surface area contributed by atoms with Gasteiger partial charge in [0.05, 0.1) is 11.9 Å². The molecule has 6 heteroatoms. The molecule has 2 aromatic carbocycles. The third kappa shape index (κ3) is 3.74. The molecular weight excluding hydrogens is 473 g/mol. The summed E-state index contributed by atoms with van der Waals surface area (Å²) < 4.78 is 2.16. The van der Waals surface area contributed by atoms with E-state index < -0.39 is 0 Å². The van der Waals surface area contributed by atoms with E-state index in [-0.39, 0.29) is 0 Å². The van der Waals surface area contributed by atoms with E-state index in [1.165, 1.54) is 11.3 Å². The molecular formula is C16H11BrIN3S. The maximum atomic E-state index is 4.54. The van der Waals surface area contributed by atoms with Crippen LogP contribution in [0.5, 0.6) is 0 Å². The van der Waals surface area contributed by atoms with Gasteiger partial charge in [0.1, 0.15) is 0 Å². The van der Waals surface area contributed by atoms with Crippen LogP contribution in [0.2, 0.25) is 0 Å². The molecule has 0 atom stereocenters. The highest BCUT2D eigenvalue weighted by Gasteiger charge is 2.04. The third-order valence-electron chi connectivity index (χ3n) is 2.93. The van der Waals surface area contributed by atoms with Gasteiger partial charge in [0, 0.05) is 24.5 Å². The zero-order valence-corrected chi connectivity index (χ0v) is 15.9. The van der Waals surface area contributed by atoms with Crippen molar-refractivity contribution < 1.29 is 0 Å². The molecule has 0 radical (unpaired) electrons. The molecule has 3 rings (SSSR count). The Balaban J connectivity index is 1.72.